The number of rotatable bonds is 6. The lowest BCUT2D eigenvalue weighted by Gasteiger charge is -2.31. The smallest absolute Gasteiger partial charge is 0.191 e. The molecule has 2 N–H and O–H groups in total. The first-order valence-corrected chi connectivity index (χ1v) is 8.48. The topological polar surface area (TPSA) is 60.1 Å². The fraction of sp³-hybridized carbons (Fsp3) is 0.611. The van der Waals surface area contributed by atoms with Crippen molar-refractivity contribution >= 4 is 29.9 Å². The molecule has 5 nitrogen and oxygen atoms in total. The van der Waals surface area contributed by atoms with Crippen molar-refractivity contribution in [2.75, 3.05) is 26.8 Å². The Morgan fingerprint density at radius 2 is 2.17 bits per heavy atom. The maximum Gasteiger partial charge on any atom is 0.191 e. The number of guanidine groups is 1. The van der Waals surface area contributed by atoms with E-state index in [0.29, 0.717) is 25.0 Å². The van der Waals surface area contributed by atoms with Gasteiger partial charge in [-0.3, -0.25) is 0 Å². The fourth-order valence-corrected chi connectivity index (χ4v) is 2.81. The van der Waals surface area contributed by atoms with Gasteiger partial charge in [-0.2, -0.15) is 0 Å². The minimum absolute atomic E-state index is 0. The van der Waals surface area contributed by atoms with Crippen molar-refractivity contribution in [2.24, 2.45) is 16.6 Å². The molecule has 1 aliphatic rings. The number of likely N-dealkylation sites (tertiary alicyclic amines) is 1. The predicted molar refractivity (Wildman–Crippen MR) is 109 cm³/mol. The van der Waals surface area contributed by atoms with Gasteiger partial charge in [-0.15, -0.1) is 24.0 Å². The van der Waals surface area contributed by atoms with Gasteiger partial charge < -0.3 is 20.1 Å². The quantitative estimate of drug-likeness (QED) is 0.411. The number of hydrogen-bond donors (Lipinski definition) is 1. The molecule has 0 amide bonds. The summed E-state index contributed by atoms with van der Waals surface area (Å²) < 4.78 is 11.1. The van der Waals surface area contributed by atoms with Gasteiger partial charge in [0.05, 0.1) is 20.3 Å². The third-order valence-electron chi connectivity index (χ3n) is 4.09. The molecule has 1 unspecified atom stereocenters. The van der Waals surface area contributed by atoms with Crippen LogP contribution in [0, 0.1) is 5.92 Å². The van der Waals surface area contributed by atoms with E-state index < -0.39 is 0 Å². The lowest BCUT2D eigenvalue weighted by atomic mass is 10.0. The highest BCUT2D eigenvalue weighted by atomic mass is 127. The van der Waals surface area contributed by atoms with E-state index in [1.165, 1.54) is 12.8 Å². The van der Waals surface area contributed by atoms with Gasteiger partial charge in [0.2, 0.25) is 0 Å². The van der Waals surface area contributed by atoms with Crippen molar-refractivity contribution in [2.45, 2.75) is 39.7 Å². The second-order valence-electron chi connectivity index (χ2n) is 6.20. The second kappa shape index (κ2) is 10.6. The highest BCUT2D eigenvalue weighted by Gasteiger charge is 2.17. The zero-order valence-electron chi connectivity index (χ0n) is 15.0. The van der Waals surface area contributed by atoms with E-state index in [4.69, 9.17) is 15.2 Å². The second-order valence-corrected chi connectivity index (χ2v) is 6.20. The van der Waals surface area contributed by atoms with Crippen LogP contribution in [0.1, 0.15) is 38.7 Å². The van der Waals surface area contributed by atoms with Crippen LogP contribution in [0.5, 0.6) is 11.5 Å². The van der Waals surface area contributed by atoms with Crippen LogP contribution >= 0.6 is 24.0 Å². The van der Waals surface area contributed by atoms with Crippen LogP contribution < -0.4 is 15.2 Å². The summed E-state index contributed by atoms with van der Waals surface area (Å²) in [5, 5.41) is 0. The van der Waals surface area contributed by atoms with Crippen LogP contribution in [0.4, 0.5) is 0 Å². The minimum atomic E-state index is 0. The van der Waals surface area contributed by atoms with Crippen LogP contribution in [0.25, 0.3) is 0 Å². The molecule has 1 aromatic carbocycles. The number of methoxy groups -OCH3 is 1. The maximum absolute atomic E-state index is 6.14. The van der Waals surface area contributed by atoms with Crippen LogP contribution in [0.15, 0.2) is 23.2 Å². The molecule has 0 aliphatic carbocycles. The monoisotopic (exact) mass is 447 g/mol. The number of nitrogens with two attached hydrogens (primary N) is 1. The van der Waals surface area contributed by atoms with Crippen LogP contribution in [-0.4, -0.2) is 37.7 Å². The molecule has 1 saturated heterocycles. The molecule has 0 saturated carbocycles. The van der Waals surface area contributed by atoms with Crippen molar-refractivity contribution in [3.63, 3.8) is 0 Å². The Labute approximate surface area is 162 Å². The molecule has 2 rings (SSSR count). The Hall–Kier alpha value is -1.18. The third-order valence-corrected chi connectivity index (χ3v) is 4.09. The third kappa shape index (κ3) is 6.03. The Morgan fingerprint density at radius 3 is 2.83 bits per heavy atom. The molecule has 24 heavy (non-hydrogen) atoms. The number of hydrogen-bond acceptors (Lipinski definition) is 3. The average molecular weight is 447 g/mol. The first-order chi connectivity index (χ1) is 11.1. The van der Waals surface area contributed by atoms with Gasteiger partial charge in [-0.25, -0.2) is 4.99 Å². The fourth-order valence-electron chi connectivity index (χ4n) is 2.81. The first kappa shape index (κ1) is 20.9. The van der Waals surface area contributed by atoms with Gasteiger partial charge in [-0.1, -0.05) is 19.9 Å². The summed E-state index contributed by atoms with van der Waals surface area (Å²) in [5.41, 5.74) is 7.21. The van der Waals surface area contributed by atoms with Crippen LogP contribution in [0.3, 0.4) is 0 Å². The largest absolute Gasteiger partial charge is 0.493 e. The van der Waals surface area contributed by atoms with E-state index in [1.807, 2.05) is 18.2 Å². The highest BCUT2D eigenvalue weighted by Crippen LogP contribution is 2.28. The van der Waals surface area contributed by atoms with Gasteiger partial charge in [0, 0.05) is 13.1 Å². The molecule has 1 heterocycles. The normalized spacial score (nSPS) is 18.0. The van der Waals surface area contributed by atoms with Gasteiger partial charge in [0.1, 0.15) is 0 Å². The van der Waals surface area contributed by atoms with E-state index in [1.54, 1.807) is 7.11 Å². The number of aliphatic imine (C=N–C) groups is 1. The van der Waals surface area contributed by atoms with E-state index in [2.05, 4.69) is 23.7 Å². The Bertz CT molecular complexity index is 537. The number of ether oxygens (including phenoxy) is 2. The summed E-state index contributed by atoms with van der Waals surface area (Å²) in [4.78, 5) is 6.73. The molecule has 0 bridgehead atoms. The SMILES string of the molecule is CCCOc1ccc(CN=C(N)N2CCCC(C)C2)cc1OC.I. The summed E-state index contributed by atoms with van der Waals surface area (Å²) in [7, 11) is 1.66. The zero-order valence-corrected chi connectivity index (χ0v) is 17.3. The molecule has 136 valence electrons. The van der Waals surface area contributed by atoms with Crippen molar-refractivity contribution in [1.82, 2.24) is 4.90 Å². The summed E-state index contributed by atoms with van der Waals surface area (Å²) >= 11 is 0. The Kier molecular flexibility index (Phi) is 9.25. The molecule has 1 fully saturated rings. The molecule has 6 heteroatoms. The number of piperidine rings is 1. The average Bonchev–Trinajstić information content (AvgIpc) is 2.58. The van der Waals surface area contributed by atoms with Crippen molar-refractivity contribution in [3.8, 4) is 11.5 Å². The lowest BCUT2D eigenvalue weighted by molar-refractivity contribution is 0.270. The van der Waals surface area contributed by atoms with E-state index in [9.17, 15) is 0 Å². The molecule has 0 aromatic heterocycles. The van der Waals surface area contributed by atoms with Crippen molar-refractivity contribution < 1.29 is 9.47 Å². The van der Waals surface area contributed by atoms with Gasteiger partial charge in [0.25, 0.3) is 0 Å². The van der Waals surface area contributed by atoms with Crippen LogP contribution in [0.2, 0.25) is 0 Å². The standard InChI is InChI=1S/C18H29N3O2.HI/c1-4-10-23-16-8-7-15(11-17(16)22-3)12-20-18(19)21-9-5-6-14(2)13-21;/h7-8,11,14H,4-6,9-10,12-13H2,1-3H3,(H2,19,20);1H. The van der Waals surface area contributed by atoms with Crippen molar-refractivity contribution in [3.05, 3.63) is 23.8 Å². The molecule has 1 atom stereocenters. The molecular formula is C18H30IN3O2. The molecule has 1 aliphatic heterocycles. The van der Waals surface area contributed by atoms with Gasteiger partial charge >= 0.3 is 0 Å². The predicted octanol–water partition coefficient (Wildman–Crippen LogP) is 3.65. The van der Waals surface area contributed by atoms with Crippen molar-refractivity contribution in [1.29, 1.82) is 0 Å². The Balaban J connectivity index is 0.00000288. The molecule has 0 spiro atoms. The number of nitrogens with zero attached hydrogens (tertiary/aromatic N) is 2. The van der Waals surface area contributed by atoms with Crippen LogP contribution in [-0.2, 0) is 6.54 Å². The molecular weight excluding hydrogens is 417 g/mol. The summed E-state index contributed by atoms with van der Waals surface area (Å²) in [5.74, 6) is 2.85. The number of benzene rings is 1. The first-order valence-electron chi connectivity index (χ1n) is 8.48. The van der Waals surface area contributed by atoms with E-state index in [-0.39, 0.29) is 24.0 Å². The zero-order chi connectivity index (χ0) is 16.7. The van der Waals surface area contributed by atoms with E-state index in [0.717, 1.165) is 36.6 Å². The maximum atomic E-state index is 6.14. The number of halogens is 1. The van der Waals surface area contributed by atoms with Gasteiger partial charge in [-0.05, 0) is 42.9 Å². The Morgan fingerprint density at radius 1 is 1.38 bits per heavy atom. The molecule has 0 radical (unpaired) electrons. The summed E-state index contributed by atoms with van der Waals surface area (Å²) in [6, 6.07) is 5.93. The van der Waals surface area contributed by atoms with E-state index >= 15 is 0 Å². The van der Waals surface area contributed by atoms with Gasteiger partial charge in [0.15, 0.2) is 17.5 Å². The minimum Gasteiger partial charge on any atom is -0.493 e. The molecule has 1 aromatic rings. The highest BCUT2D eigenvalue weighted by molar-refractivity contribution is 14.0. The summed E-state index contributed by atoms with van der Waals surface area (Å²) in [6.45, 7) is 7.60. The lowest BCUT2D eigenvalue weighted by Crippen LogP contribution is -2.43. The summed E-state index contributed by atoms with van der Waals surface area (Å²) in [6.07, 6.45) is 3.44.